The third-order valence-electron chi connectivity index (χ3n) is 6.25. The van der Waals surface area contributed by atoms with Crippen LogP contribution in [0.1, 0.15) is 48.7 Å². The molecule has 8 nitrogen and oxygen atoms in total. The lowest BCUT2D eigenvalue weighted by Crippen LogP contribution is -2.25. The topological polar surface area (TPSA) is 110 Å². The highest BCUT2D eigenvalue weighted by Gasteiger charge is 2.18. The van der Waals surface area contributed by atoms with Crippen LogP contribution in [0.15, 0.2) is 36.5 Å². The van der Waals surface area contributed by atoms with Gasteiger partial charge < -0.3 is 30.5 Å². The summed E-state index contributed by atoms with van der Waals surface area (Å²) >= 11 is 0. The van der Waals surface area contributed by atoms with E-state index < -0.39 is 5.91 Å². The fourth-order valence-electron chi connectivity index (χ4n) is 4.26. The molecule has 3 rings (SSSR count). The first-order valence-corrected chi connectivity index (χ1v) is 12.1. The molecule has 0 saturated carbocycles. The molecule has 1 amide bonds. The Morgan fingerprint density at radius 1 is 1.17 bits per heavy atom. The molecule has 8 heteroatoms. The van der Waals surface area contributed by atoms with Gasteiger partial charge >= 0.3 is 0 Å². The first kappa shape index (κ1) is 26.2. The van der Waals surface area contributed by atoms with Crippen molar-refractivity contribution in [2.45, 2.75) is 40.2 Å². The SMILES string of the molecule is CCc1c(CO)cccc1Nc1c(C(N)=O)cnc2cc(OCCCN(CC)CC)c(OC)cc12. The predicted octanol–water partition coefficient (Wildman–Crippen LogP) is 4.25. The van der Waals surface area contributed by atoms with Crippen molar-refractivity contribution in [1.29, 1.82) is 0 Å². The monoisotopic (exact) mass is 480 g/mol. The number of hydrogen-bond acceptors (Lipinski definition) is 7. The van der Waals surface area contributed by atoms with Crippen LogP contribution in [0.4, 0.5) is 11.4 Å². The third kappa shape index (κ3) is 6.01. The Balaban J connectivity index is 2.00. The van der Waals surface area contributed by atoms with Gasteiger partial charge in [0.2, 0.25) is 0 Å². The maximum absolute atomic E-state index is 12.3. The highest BCUT2D eigenvalue weighted by Crippen LogP contribution is 2.38. The molecule has 0 saturated heterocycles. The summed E-state index contributed by atoms with van der Waals surface area (Å²) in [4.78, 5) is 19.1. The molecule has 2 aromatic carbocycles. The van der Waals surface area contributed by atoms with Crippen LogP contribution in [0.5, 0.6) is 11.5 Å². The van der Waals surface area contributed by atoms with E-state index in [9.17, 15) is 9.90 Å². The minimum Gasteiger partial charge on any atom is -0.493 e. The van der Waals surface area contributed by atoms with Gasteiger partial charge in [-0.1, -0.05) is 32.9 Å². The normalized spacial score (nSPS) is 11.1. The van der Waals surface area contributed by atoms with Crippen molar-refractivity contribution in [3.8, 4) is 11.5 Å². The molecular weight excluding hydrogens is 444 g/mol. The minimum absolute atomic E-state index is 0.0682. The Labute approximate surface area is 207 Å². The summed E-state index contributed by atoms with van der Waals surface area (Å²) in [5, 5.41) is 13.8. The number of amides is 1. The number of benzene rings is 2. The van der Waals surface area contributed by atoms with Gasteiger partial charge in [0.05, 0.1) is 37.1 Å². The second-order valence-electron chi connectivity index (χ2n) is 8.24. The number of methoxy groups -OCH3 is 1. The van der Waals surface area contributed by atoms with Crippen LogP contribution in [0, 0.1) is 0 Å². The molecule has 3 aromatic rings. The highest BCUT2D eigenvalue weighted by atomic mass is 16.5. The Morgan fingerprint density at radius 2 is 1.94 bits per heavy atom. The number of aromatic nitrogens is 1. The Kier molecular flexibility index (Phi) is 9.28. The molecule has 0 unspecified atom stereocenters. The quantitative estimate of drug-likeness (QED) is 0.314. The van der Waals surface area contributed by atoms with Crippen molar-refractivity contribution in [1.82, 2.24) is 9.88 Å². The molecule has 188 valence electrons. The maximum Gasteiger partial charge on any atom is 0.252 e. The summed E-state index contributed by atoms with van der Waals surface area (Å²) in [5.74, 6) is 0.557. The number of aliphatic hydroxyl groups excluding tert-OH is 1. The number of nitrogens with two attached hydrogens (primary N) is 1. The smallest absolute Gasteiger partial charge is 0.252 e. The number of nitrogens with one attached hydrogen (secondary N) is 1. The van der Waals surface area contributed by atoms with E-state index in [4.69, 9.17) is 15.2 Å². The van der Waals surface area contributed by atoms with E-state index in [0.29, 0.717) is 41.1 Å². The number of pyridine rings is 1. The molecule has 0 spiro atoms. The summed E-state index contributed by atoms with van der Waals surface area (Å²) in [6, 6.07) is 9.31. The fourth-order valence-corrected chi connectivity index (χ4v) is 4.26. The molecule has 0 fully saturated rings. The number of nitrogens with zero attached hydrogens (tertiary/aromatic N) is 2. The van der Waals surface area contributed by atoms with Crippen molar-refractivity contribution in [2.75, 3.05) is 38.7 Å². The van der Waals surface area contributed by atoms with Gasteiger partial charge in [-0.2, -0.15) is 0 Å². The van der Waals surface area contributed by atoms with E-state index in [1.54, 1.807) is 7.11 Å². The molecule has 0 bridgehead atoms. The standard InChI is InChI=1S/C27H36N4O4/c1-5-19-18(17-32)10-8-11-22(19)30-26-20-14-24(34-4)25(35-13-9-12-31(6-2)7-3)15-23(20)29-16-21(26)27(28)33/h8,10-11,14-16,32H,5-7,9,12-13,17H2,1-4H3,(H2,28,33)(H,29,30). The molecule has 4 N–H and O–H groups in total. The van der Waals surface area contributed by atoms with Gasteiger partial charge in [-0.25, -0.2) is 0 Å². The van der Waals surface area contributed by atoms with Crippen LogP contribution >= 0.6 is 0 Å². The number of carbonyl (C=O) groups is 1. The third-order valence-corrected chi connectivity index (χ3v) is 6.25. The van der Waals surface area contributed by atoms with Crippen LogP contribution in [0.3, 0.4) is 0 Å². The van der Waals surface area contributed by atoms with Gasteiger partial charge in [-0.3, -0.25) is 9.78 Å². The zero-order chi connectivity index (χ0) is 25.4. The summed E-state index contributed by atoms with van der Waals surface area (Å²) < 4.78 is 11.7. The average Bonchev–Trinajstić information content (AvgIpc) is 2.88. The zero-order valence-electron chi connectivity index (χ0n) is 21.1. The van der Waals surface area contributed by atoms with Crippen molar-refractivity contribution in [3.05, 3.63) is 53.2 Å². The van der Waals surface area contributed by atoms with Crippen molar-refractivity contribution < 1.29 is 19.4 Å². The average molecular weight is 481 g/mol. The van der Waals surface area contributed by atoms with Crippen molar-refractivity contribution in [2.24, 2.45) is 5.73 Å². The summed E-state index contributed by atoms with van der Waals surface area (Å²) in [6.45, 7) is 9.79. The van der Waals surface area contributed by atoms with Gasteiger partial charge in [0.15, 0.2) is 11.5 Å². The van der Waals surface area contributed by atoms with Gasteiger partial charge in [-0.15, -0.1) is 0 Å². The Hall–Kier alpha value is -3.36. The summed E-state index contributed by atoms with van der Waals surface area (Å²) in [7, 11) is 1.59. The van der Waals surface area contributed by atoms with Crippen LogP contribution < -0.4 is 20.5 Å². The van der Waals surface area contributed by atoms with Gasteiger partial charge in [0, 0.05) is 29.9 Å². The first-order chi connectivity index (χ1) is 17.0. The number of rotatable bonds is 13. The predicted molar refractivity (Wildman–Crippen MR) is 140 cm³/mol. The van der Waals surface area contributed by atoms with Gasteiger partial charge in [-0.05, 0) is 49.2 Å². The van der Waals surface area contributed by atoms with E-state index in [-0.39, 0.29) is 12.2 Å². The van der Waals surface area contributed by atoms with Gasteiger partial charge in [0.1, 0.15) is 0 Å². The Bertz CT molecular complexity index is 1160. The number of aliphatic hydroxyl groups is 1. The number of anilines is 2. The molecular formula is C27H36N4O4. The number of primary amides is 1. The number of hydrogen-bond donors (Lipinski definition) is 3. The fraction of sp³-hybridized carbons (Fsp3) is 0.407. The van der Waals surface area contributed by atoms with Crippen LogP contribution in [0.25, 0.3) is 10.9 Å². The molecule has 0 aliphatic rings. The van der Waals surface area contributed by atoms with E-state index in [1.807, 2.05) is 37.3 Å². The molecule has 1 aromatic heterocycles. The highest BCUT2D eigenvalue weighted by molar-refractivity contribution is 6.08. The van der Waals surface area contributed by atoms with Gasteiger partial charge in [0.25, 0.3) is 5.91 Å². The molecule has 0 aliphatic heterocycles. The molecule has 0 atom stereocenters. The second kappa shape index (κ2) is 12.4. The van der Waals surface area contributed by atoms with Crippen LogP contribution in [-0.4, -0.2) is 54.2 Å². The lowest BCUT2D eigenvalue weighted by atomic mass is 10.0. The lowest BCUT2D eigenvalue weighted by molar-refractivity contribution is 0.100. The summed E-state index contributed by atoms with van der Waals surface area (Å²) in [6.07, 6.45) is 3.08. The minimum atomic E-state index is -0.589. The van der Waals surface area contributed by atoms with Crippen molar-refractivity contribution in [3.63, 3.8) is 0 Å². The molecule has 0 aliphatic carbocycles. The largest absolute Gasteiger partial charge is 0.493 e. The molecule has 0 radical (unpaired) electrons. The van der Waals surface area contributed by atoms with E-state index in [2.05, 4.69) is 29.0 Å². The van der Waals surface area contributed by atoms with E-state index in [1.165, 1.54) is 6.20 Å². The lowest BCUT2D eigenvalue weighted by Gasteiger charge is -2.19. The van der Waals surface area contributed by atoms with Crippen LogP contribution in [-0.2, 0) is 13.0 Å². The van der Waals surface area contributed by atoms with Crippen molar-refractivity contribution >= 4 is 28.2 Å². The van der Waals surface area contributed by atoms with E-state index in [0.717, 1.165) is 42.9 Å². The number of carbonyl (C=O) groups excluding carboxylic acids is 1. The zero-order valence-corrected chi connectivity index (χ0v) is 21.1. The number of fused-ring (bicyclic) bond motifs is 1. The Morgan fingerprint density at radius 3 is 2.57 bits per heavy atom. The first-order valence-electron chi connectivity index (χ1n) is 12.1. The van der Waals surface area contributed by atoms with Crippen LogP contribution in [0.2, 0.25) is 0 Å². The second-order valence-corrected chi connectivity index (χ2v) is 8.24. The maximum atomic E-state index is 12.3. The van der Waals surface area contributed by atoms with E-state index >= 15 is 0 Å². The number of ether oxygens (including phenoxy) is 2. The molecule has 1 heterocycles. The molecule has 35 heavy (non-hydrogen) atoms. The summed E-state index contributed by atoms with van der Waals surface area (Å²) in [5.41, 5.74) is 9.74.